The first-order valence-electron chi connectivity index (χ1n) is 11.6. The minimum Gasteiger partial charge on any atom is -0.339 e. The molecule has 180 valence electrons. The van der Waals surface area contributed by atoms with Gasteiger partial charge < -0.3 is 10.2 Å². The fraction of sp³-hybridized carbons (Fsp3) is 0.308. The van der Waals surface area contributed by atoms with E-state index < -0.39 is 17.4 Å². The second-order valence-electron chi connectivity index (χ2n) is 8.82. The fourth-order valence-electron chi connectivity index (χ4n) is 5.05. The number of benzene rings is 1. The number of pyridine rings is 1. The summed E-state index contributed by atoms with van der Waals surface area (Å²) in [4.78, 5) is 48.3. The molecule has 3 aromatic rings. The van der Waals surface area contributed by atoms with Gasteiger partial charge in [-0.05, 0) is 61.0 Å². The highest BCUT2D eigenvalue weighted by atomic mass is 32.1. The van der Waals surface area contributed by atoms with Crippen LogP contribution < -0.4 is 5.32 Å². The number of hydrogen-bond donors (Lipinski definition) is 1. The average molecular weight is 493 g/mol. The van der Waals surface area contributed by atoms with E-state index in [1.54, 1.807) is 46.7 Å². The Bertz CT molecular complexity index is 1230. The first-order chi connectivity index (χ1) is 17.0. The molecule has 0 saturated carbocycles. The first-order valence-corrected chi connectivity index (χ1v) is 12.5. The maximum atomic E-state index is 13.9. The summed E-state index contributed by atoms with van der Waals surface area (Å²) in [7, 11) is 0. The summed E-state index contributed by atoms with van der Waals surface area (Å²) >= 11 is 1.59. The Labute approximate surface area is 206 Å². The standard InChI is InChI=1S/C26H25FN4O3S/c27-20-6-3-5-18(17-20)23(32)30-13-9-19(10-14-30)26(22-8-1-2-12-28-22)24(33)31(25(34)29-26)15-11-21-7-4-16-35-21/h1-8,12,16-17,19H,9-11,13-15H2,(H,29,34)/t26-/m0/s1. The summed E-state index contributed by atoms with van der Waals surface area (Å²) in [5.74, 6) is -1.24. The Morgan fingerprint density at radius 1 is 1.11 bits per heavy atom. The van der Waals surface area contributed by atoms with Gasteiger partial charge in [0.15, 0.2) is 5.54 Å². The number of carbonyl (C=O) groups excluding carboxylic acids is 3. The molecule has 9 heteroatoms. The van der Waals surface area contributed by atoms with Crippen molar-refractivity contribution in [1.82, 2.24) is 20.1 Å². The number of urea groups is 1. The number of halogens is 1. The Kier molecular flexibility index (Phi) is 6.34. The minimum absolute atomic E-state index is 0.239. The number of nitrogens with zero attached hydrogens (tertiary/aromatic N) is 3. The van der Waals surface area contributed by atoms with Crippen LogP contribution in [-0.4, -0.2) is 52.3 Å². The van der Waals surface area contributed by atoms with E-state index in [1.165, 1.54) is 23.1 Å². The van der Waals surface area contributed by atoms with E-state index in [-0.39, 0.29) is 24.3 Å². The van der Waals surface area contributed by atoms with Crippen molar-refractivity contribution < 1.29 is 18.8 Å². The maximum Gasteiger partial charge on any atom is 0.325 e. The van der Waals surface area contributed by atoms with E-state index in [9.17, 15) is 18.8 Å². The number of imide groups is 1. The molecular weight excluding hydrogens is 467 g/mol. The summed E-state index contributed by atoms with van der Waals surface area (Å²) in [6.07, 6.45) is 3.22. The number of aromatic nitrogens is 1. The maximum absolute atomic E-state index is 13.9. The highest BCUT2D eigenvalue weighted by molar-refractivity contribution is 7.09. The van der Waals surface area contributed by atoms with Gasteiger partial charge in [0.1, 0.15) is 5.82 Å². The van der Waals surface area contributed by atoms with Crippen LogP contribution in [-0.2, 0) is 16.8 Å². The zero-order valence-electron chi connectivity index (χ0n) is 19.0. The van der Waals surface area contributed by atoms with Gasteiger partial charge in [-0.2, -0.15) is 0 Å². The molecule has 7 nitrogen and oxygen atoms in total. The summed E-state index contributed by atoms with van der Waals surface area (Å²) < 4.78 is 13.6. The third-order valence-electron chi connectivity index (χ3n) is 6.83. The van der Waals surface area contributed by atoms with Gasteiger partial charge in [0.05, 0.1) is 5.69 Å². The lowest BCUT2D eigenvalue weighted by atomic mass is 9.75. The largest absolute Gasteiger partial charge is 0.339 e. The molecule has 2 fully saturated rings. The fourth-order valence-corrected chi connectivity index (χ4v) is 5.75. The molecule has 0 unspecified atom stereocenters. The zero-order valence-corrected chi connectivity index (χ0v) is 19.8. The van der Waals surface area contributed by atoms with Gasteiger partial charge in [0.2, 0.25) is 0 Å². The van der Waals surface area contributed by atoms with E-state index in [2.05, 4.69) is 10.3 Å². The van der Waals surface area contributed by atoms with Crippen molar-refractivity contribution in [3.63, 3.8) is 0 Å². The van der Waals surface area contributed by atoms with Gasteiger partial charge in [0, 0.05) is 42.2 Å². The molecule has 4 amide bonds. The number of carbonyl (C=O) groups is 3. The monoisotopic (exact) mass is 492 g/mol. The lowest BCUT2D eigenvalue weighted by Gasteiger charge is -2.40. The molecule has 0 spiro atoms. The van der Waals surface area contributed by atoms with Crippen LogP contribution in [0, 0.1) is 11.7 Å². The molecule has 0 bridgehead atoms. The summed E-state index contributed by atoms with van der Waals surface area (Å²) in [6, 6.07) is 14.5. The molecule has 1 aromatic carbocycles. The smallest absolute Gasteiger partial charge is 0.325 e. The average Bonchev–Trinajstić information content (AvgIpc) is 3.49. The SMILES string of the molecule is O=C(c1cccc(F)c1)N1CCC([C@@]2(c3ccccn3)NC(=O)N(CCc3cccs3)C2=O)CC1. The summed E-state index contributed by atoms with van der Waals surface area (Å²) in [5, 5.41) is 4.96. The lowest BCUT2D eigenvalue weighted by Crippen LogP contribution is -2.54. The number of nitrogens with one attached hydrogen (secondary N) is 1. The molecule has 0 radical (unpaired) electrons. The number of amides is 4. The van der Waals surface area contributed by atoms with Crippen molar-refractivity contribution in [1.29, 1.82) is 0 Å². The molecule has 1 N–H and O–H groups in total. The van der Waals surface area contributed by atoms with Crippen molar-refractivity contribution in [3.05, 3.63) is 88.1 Å². The van der Waals surface area contributed by atoms with Crippen LogP contribution in [0.2, 0.25) is 0 Å². The van der Waals surface area contributed by atoms with Crippen LogP contribution in [0.1, 0.15) is 33.8 Å². The second kappa shape index (κ2) is 9.58. The third kappa shape index (κ3) is 4.32. The number of hydrogen-bond acceptors (Lipinski definition) is 5. The third-order valence-corrected chi connectivity index (χ3v) is 7.76. The molecular formula is C26H25FN4O3S. The highest BCUT2D eigenvalue weighted by Gasteiger charge is 2.58. The molecule has 5 rings (SSSR count). The van der Waals surface area contributed by atoms with Gasteiger partial charge in [0.25, 0.3) is 11.8 Å². The van der Waals surface area contributed by atoms with Gasteiger partial charge in [-0.15, -0.1) is 11.3 Å². The molecule has 0 aliphatic carbocycles. The van der Waals surface area contributed by atoms with E-state index >= 15 is 0 Å². The van der Waals surface area contributed by atoms with E-state index in [4.69, 9.17) is 0 Å². The first kappa shape index (κ1) is 23.2. The van der Waals surface area contributed by atoms with Gasteiger partial charge in [-0.3, -0.25) is 19.5 Å². The number of rotatable bonds is 6. The van der Waals surface area contributed by atoms with Crippen LogP contribution in [0.5, 0.6) is 0 Å². The van der Waals surface area contributed by atoms with Crippen molar-refractivity contribution in [2.75, 3.05) is 19.6 Å². The van der Waals surface area contributed by atoms with Crippen LogP contribution in [0.25, 0.3) is 0 Å². The topological polar surface area (TPSA) is 82.6 Å². The summed E-state index contributed by atoms with van der Waals surface area (Å²) in [5.41, 5.74) is -0.471. The van der Waals surface area contributed by atoms with E-state index in [1.807, 2.05) is 17.5 Å². The zero-order chi connectivity index (χ0) is 24.4. The predicted molar refractivity (Wildman–Crippen MR) is 129 cm³/mol. The molecule has 1 atom stereocenters. The molecule has 2 saturated heterocycles. The summed E-state index contributed by atoms with van der Waals surface area (Å²) in [6.45, 7) is 1.08. The Hall–Kier alpha value is -3.59. The predicted octanol–water partition coefficient (Wildman–Crippen LogP) is 3.82. The lowest BCUT2D eigenvalue weighted by molar-refractivity contribution is -0.134. The van der Waals surface area contributed by atoms with E-state index in [0.29, 0.717) is 43.6 Å². The van der Waals surface area contributed by atoms with Crippen molar-refractivity contribution in [2.45, 2.75) is 24.8 Å². The number of thiophene rings is 1. The highest BCUT2D eigenvalue weighted by Crippen LogP contribution is 2.41. The Morgan fingerprint density at radius 2 is 1.94 bits per heavy atom. The molecule has 35 heavy (non-hydrogen) atoms. The van der Waals surface area contributed by atoms with Gasteiger partial charge >= 0.3 is 6.03 Å². The minimum atomic E-state index is -1.28. The van der Waals surface area contributed by atoms with Crippen LogP contribution >= 0.6 is 11.3 Å². The molecule has 4 heterocycles. The van der Waals surface area contributed by atoms with Crippen molar-refractivity contribution >= 4 is 29.2 Å². The van der Waals surface area contributed by atoms with Crippen LogP contribution in [0.3, 0.4) is 0 Å². The number of piperidine rings is 1. The number of likely N-dealkylation sites (tertiary alicyclic amines) is 1. The molecule has 2 aliphatic rings. The Balaban J connectivity index is 1.37. The van der Waals surface area contributed by atoms with Crippen LogP contribution in [0.4, 0.5) is 9.18 Å². The quantitative estimate of drug-likeness (QED) is 0.531. The normalized spacial score (nSPS) is 20.8. The van der Waals surface area contributed by atoms with Crippen LogP contribution in [0.15, 0.2) is 66.2 Å². The van der Waals surface area contributed by atoms with Gasteiger partial charge in [-0.1, -0.05) is 18.2 Å². The molecule has 2 aliphatic heterocycles. The molecule has 2 aromatic heterocycles. The van der Waals surface area contributed by atoms with E-state index in [0.717, 1.165) is 4.88 Å². The van der Waals surface area contributed by atoms with Crippen molar-refractivity contribution in [2.24, 2.45) is 5.92 Å². The van der Waals surface area contributed by atoms with Crippen molar-refractivity contribution in [3.8, 4) is 0 Å². The second-order valence-corrected chi connectivity index (χ2v) is 9.85. The van der Waals surface area contributed by atoms with Gasteiger partial charge in [-0.25, -0.2) is 9.18 Å². The Morgan fingerprint density at radius 3 is 2.63 bits per heavy atom.